The Hall–Kier alpha value is -1.93. The summed E-state index contributed by atoms with van der Waals surface area (Å²) in [6.07, 6.45) is 0.526. The van der Waals surface area contributed by atoms with Gasteiger partial charge in [0.25, 0.3) is 10.0 Å². The zero-order valence-electron chi connectivity index (χ0n) is 13.4. The van der Waals surface area contributed by atoms with E-state index in [0.29, 0.717) is 22.8 Å². The van der Waals surface area contributed by atoms with Gasteiger partial charge in [-0.25, -0.2) is 4.98 Å². The van der Waals surface area contributed by atoms with Crippen LogP contribution >= 0.6 is 11.3 Å². The van der Waals surface area contributed by atoms with E-state index in [2.05, 4.69) is 14.8 Å². The molecule has 0 bridgehead atoms. The summed E-state index contributed by atoms with van der Waals surface area (Å²) in [5.41, 5.74) is 3.05. The number of aryl methyl sites for hydroxylation is 3. The number of aromatic nitrogens is 3. The largest absolute Gasteiger partial charge is 0.281 e. The monoisotopic (exact) mass is 350 g/mol. The third kappa shape index (κ3) is 2.72. The van der Waals surface area contributed by atoms with Gasteiger partial charge in [-0.05, 0) is 44.4 Å². The molecule has 2 heterocycles. The second kappa shape index (κ2) is 5.61. The van der Waals surface area contributed by atoms with Crippen LogP contribution < -0.4 is 4.72 Å². The molecule has 3 aromatic rings. The number of hydrogen-bond donors (Lipinski definition) is 1. The standard InChI is InChI=1S/C15H18N4O2S2/c1-5-12-14(19-15(16-12)22-11(4)17-19)23(20,21)18-13-8-6-7-9(2)10(13)3/h6-8,18H,5H2,1-4H3. The van der Waals surface area contributed by atoms with Gasteiger partial charge in [-0.3, -0.25) is 4.72 Å². The number of imidazole rings is 1. The fourth-order valence-corrected chi connectivity index (χ4v) is 4.70. The molecular weight excluding hydrogens is 332 g/mol. The van der Waals surface area contributed by atoms with Crippen molar-refractivity contribution >= 4 is 32.0 Å². The molecule has 1 N–H and O–H groups in total. The van der Waals surface area contributed by atoms with Gasteiger partial charge in [0.2, 0.25) is 9.99 Å². The topological polar surface area (TPSA) is 76.4 Å². The number of hydrogen-bond acceptors (Lipinski definition) is 5. The first kappa shape index (κ1) is 15.9. The van der Waals surface area contributed by atoms with E-state index in [9.17, 15) is 8.42 Å². The number of nitrogens with one attached hydrogen (secondary N) is 1. The third-order valence-corrected chi connectivity index (χ3v) is 6.00. The molecule has 0 fully saturated rings. The zero-order valence-corrected chi connectivity index (χ0v) is 15.0. The predicted molar refractivity (Wildman–Crippen MR) is 91.7 cm³/mol. The molecule has 0 saturated heterocycles. The van der Waals surface area contributed by atoms with Gasteiger partial charge in [0.05, 0.1) is 11.4 Å². The van der Waals surface area contributed by atoms with Crippen molar-refractivity contribution in [1.29, 1.82) is 0 Å². The molecule has 0 aliphatic heterocycles. The number of anilines is 1. The molecule has 0 aliphatic rings. The van der Waals surface area contributed by atoms with Gasteiger partial charge in [0.1, 0.15) is 5.01 Å². The van der Waals surface area contributed by atoms with Gasteiger partial charge in [-0.15, -0.1) is 0 Å². The van der Waals surface area contributed by atoms with Crippen molar-refractivity contribution in [3.05, 3.63) is 40.0 Å². The van der Waals surface area contributed by atoms with Gasteiger partial charge in [0, 0.05) is 0 Å². The van der Waals surface area contributed by atoms with Crippen LogP contribution in [0.3, 0.4) is 0 Å². The SMILES string of the molecule is CCc1nc2sc(C)nn2c1S(=O)(=O)Nc1cccc(C)c1C. The molecule has 0 saturated carbocycles. The fraction of sp³-hybridized carbons (Fsp3) is 0.333. The Labute approximate surface area is 139 Å². The Morgan fingerprint density at radius 3 is 2.70 bits per heavy atom. The van der Waals surface area contributed by atoms with Crippen LogP contribution in [0.4, 0.5) is 5.69 Å². The molecule has 0 atom stereocenters. The van der Waals surface area contributed by atoms with Crippen LogP contribution in [0.1, 0.15) is 28.8 Å². The maximum atomic E-state index is 12.9. The first-order valence-electron chi connectivity index (χ1n) is 7.27. The number of benzene rings is 1. The van der Waals surface area contributed by atoms with Gasteiger partial charge in [0.15, 0.2) is 0 Å². The lowest BCUT2D eigenvalue weighted by Gasteiger charge is -2.12. The maximum absolute atomic E-state index is 12.9. The normalized spacial score (nSPS) is 12.0. The van der Waals surface area contributed by atoms with Crippen molar-refractivity contribution < 1.29 is 8.42 Å². The average Bonchev–Trinajstić information content (AvgIpc) is 2.98. The molecule has 0 amide bonds. The van der Waals surface area contributed by atoms with Gasteiger partial charge < -0.3 is 0 Å². The average molecular weight is 350 g/mol. The van der Waals surface area contributed by atoms with Crippen molar-refractivity contribution in [2.24, 2.45) is 0 Å². The highest BCUT2D eigenvalue weighted by Gasteiger charge is 2.27. The quantitative estimate of drug-likeness (QED) is 0.784. The molecule has 23 heavy (non-hydrogen) atoms. The molecule has 3 rings (SSSR count). The molecule has 0 unspecified atom stereocenters. The molecule has 6 nitrogen and oxygen atoms in total. The minimum Gasteiger partial charge on any atom is -0.278 e. The molecule has 0 aliphatic carbocycles. The van der Waals surface area contributed by atoms with E-state index in [4.69, 9.17) is 0 Å². The first-order chi connectivity index (χ1) is 10.8. The lowest BCUT2D eigenvalue weighted by molar-refractivity contribution is 0.591. The van der Waals surface area contributed by atoms with Crippen LogP contribution in [0.15, 0.2) is 23.2 Å². The van der Waals surface area contributed by atoms with E-state index in [1.54, 1.807) is 6.07 Å². The highest BCUT2D eigenvalue weighted by Crippen LogP contribution is 2.26. The van der Waals surface area contributed by atoms with Crippen LogP contribution in [0, 0.1) is 20.8 Å². The van der Waals surface area contributed by atoms with E-state index >= 15 is 0 Å². The number of rotatable bonds is 4. The maximum Gasteiger partial charge on any atom is 0.281 e. The minimum absolute atomic E-state index is 0.125. The van der Waals surface area contributed by atoms with Crippen LogP contribution in [-0.2, 0) is 16.4 Å². The first-order valence-corrected chi connectivity index (χ1v) is 9.57. The van der Waals surface area contributed by atoms with Crippen molar-refractivity contribution in [2.45, 2.75) is 39.1 Å². The Balaban J connectivity index is 2.14. The molecule has 122 valence electrons. The summed E-state index contributed by atoms with van der Waals surface area (Å²) in [5.74, 6) is 0. The summed E-state index contributed by atoms with van der Waals surface area (Å²) >= 11 is 1.38. The van der Waals surface area contributed by atoms with Gasteiger partial charge >= 0.3 is 0 Å². The van der Waals surface area contributed by atoms with E-state index in [1.807, 2.05) is 39.8 Å². The highest BCUT2D eigenvalue weighted by molar-refractivity contribution is 7.92. The molecular formula is C15H18N4O2S2. The van der Waals surface area contributed by atoms with Crippen LogP contribution in [0.5, 0.6) is 0 Å². The number of nitrogens with zero attached hydrogens (tertiary/aromatic N) is 3. The fourth-order valence-electron chi connectivity index (χ4n) is 2.42. The zero-order chi connectivity index (χ0) is 16.8. The second-order valence-electron chi connectivity index (χ2n) is 5.39. The van der Waals surface area contributed by atoms with Crippen LogP contribution in [-0.4, -0.2) is 23.0 Å². The summed E-state index contributed by atoms with van der Waals surface area (Å²) in [5, 5.41) is 5.18. The van der Waals surface area contributed by atoms with Crippen molar-refractivity contribution in [2.75, 3.05) is 4.72 Å². The van der Waals surface area contributed by atoms with E-state index in [0.717, 1.165) is 16.1 Å². The Morgan fingerprint density at radius 2 is 2.00 bits per heavy atom. The summed E-state index contributed by atoms with van der Waals surface area (Å²) in [7, 11) is -3.77. The predicted octanol–water partition coefficient (Wildman–Crippen LogP) is 3.08. The molecule has 2 aromatic heterocycles. The molecule has 0 spiro atoms. The molecule has 8 heteroatoms. The van der Waals surface area contributed by atoms with Crippen LogP contribution in [0.25, 0.3) is 4.96 Å². The summed E-state index contributed by atoms with van der Waals surface area (Å²) in [6.45, 7) is 7.56. The summed E-state index contributed by atoms with van der Waals surface area (Å²) in [6, 6.07) is 5.54. The van der Waals surface area contributed by atoms with E-state index in [1.165, 1.54) is 15.9 Å². The minimum atomic E-state index is -3.77. The Kier molecular flexibility index (Phi) is 3.89. The van der Waals surface area contributed by atoms with Gasteiger partial charge in [-0.2, -0.15) is 18.0 Å². The lowest BCUT2D eigenvalue weighted by Crippen LogP contribution is -2.18. The highest BCUT2D eigenvalue weighted by atomic mass is 32.2. The van der Waals surface area contributed by atoms with Gasteiger partial charge in [-0.1, -0.05) is 30.4 Å². The molecule has 1 aromatic carbocycles. The molecule has 0 radical (unpaired) electrons. The Morgan fingerprint density at radius 1 is 1.26 bits per heavy atom. The van der Waals surface area contributed by atoms with Crippen molar-refractivity contribution in [3.8, 4) is 0 Å². The van der Waals surface area contributed by atoms with Crippen molar-refractivity contribution in [3.63, 3.8) is 0 Å². The van der Waals surface area contributed by atoms with E-state index in [-0.39, 0.29) is 5.03 Å². The Bertz CT molecular complexity index is 986. The van der Waals surface area contributed by atoms with E-state index < -0.39 is 10.0 Å². The third-order valence-electron chi connectivity index (χ3n) is 3.77. The van der Waals surface area contributed by atoms with Crippen LogP contribution in [0.2, 0.25) is 0 Å². The number of fused-ring (bicyclic) bond motifs is 1. The summed E-state index contributed by atoms with van der Waals surface area (Å²) in [4.78, 5) is 5.00. The lowest BCUT2D eigenvalue weighted by atomic mass is 10.1. The van der Waals surface area contributed by atoms with Crippen molar-refractivity contribution in [1.82, 2.24) is 14.6 Å². The summed E-state index contributed by atoms with van der Waals surface area (Å²) < 4.78 is 29.9. The second-order valence-corrected chi connectivity index (χ2v) is 8.14. The number of sulfonamides is 1. The smallest absolute Gasteiger partial charge is 0.278 e.